The molecular formula is C43H45F2O8S+. The molecule has 3 aromatic rings. The summed E-state index contributed by atoms with van der Waals surface area (Å²) in [6, 6.07) is 32.2. The van der Waals surface area contributed by atoms with E-state index in [4.69, 9.17) is 18.9 Å². The predicted octanol–water partition coefficient (Wildman–Crippen LogP) is 7.44. The molecule has 7 fully saturated rings. The third-order valence-corrected chi connectivity index (χ3v) is 15.0. The van der Waals surface area contributed by atoms with Crippen molar-refractivity contribution in [1.82, 2.24) is 0 Å². The van der Waals surface area contributed by atoms with Crippen LogP contribution < -0.4 is 0 Å². The molecule has 3 aromatic carbocycles. The van der Waals surface area contributed by atoms with Gasteiger partial charge in [0.25, 0.3) is 0 Å². The van der Waals surface area contributed by atoms with Crippen molar-refractivity contribution < 1.29 is 46.9 Å². The normalized spacial score (nSPS) is 33.8. The van der Waals surface area contributed by atoms with Crippen LogP contribution >= 0.6 is 0 Å². The second-order valence-electron chi connectivity index (χ2n) is 16.1. The molecule has 1 aliphatic heterocycles. The second-order valence-corrected chi connectivity index (χ2v) is 18.1. The highest BCUT2D eigenvalue weighted by Crippen LogP contribution is 2.60. The largest absolute Gasteiger partial charge is 0.458 e. The van der Waals surface area contributed by atoms with E-state index in [2.05, 4.69) is 91.0 Å². The van der Waals surface area contributed by atoms with Crippen molar-refractivity contribution in [2.45, 2.75) is 90.8 Å². The van der Waals surface area contributed by atoms with Gasteiger partial charge in [0.1, 0.15) is 17.8 Å². The van der Waals surface area contributed by atoms with Crippen LogP contribution in [0.5, 0.6) is 0 Å². The van der Waals surface area contributed by atoms with Gasteiger partial charge in [0, 0.05) is 18.8 Å². The minimum absolute atomic E-state index is 0.0146. The van der Waals surface area contributed by atoms with Gasteiger partial charge in [-0.15, -0.1) is 0 Å². The van der Waals surface area contributed by atoms with Crippen molar-refractivity contribution in [3.63, 3.8) is 0 Å². The van der Waals surface area contributed by atoms with Gasteiger partial charge < -0.3 is 18.9 Å². The van der Waals surface area contributed by atoms with Crippen LogP contribution in [0.15, 0.2) is 106 Å². The number of hydrogen-bond donors (Lipinski definition) is 0. The molecule has 54 heavy (non-hydrogen) atoms. The predicted molar refractivity (Wildman–Crippen MR) is 193 cm³/mol. The Morgan fingerprint density at radius 3 is 1.76 bits per heavy atom. The molecule has 8 nitrogen and oxygen atoms in total. The molecule has 6 unspecified atom stereocenters. The highest BCUT2D eigenvalue weighted by Gasteiger charge is 2.70. The monoisotopic (exact) mass is 759 g/mol. The van der Waals surface area contributed by atoms with Gasteiger partial charge in [0.15, 0.2) is 21.3 Å². The fraction of sp³-hybridized carbons (Fsp3) is 0.488. The third-order valence-electron chi connectivity index (χ3n) is 12.8. The van der Waals surface area contributed by atoms with E-state index < -0.39 is 77.9 Å². The van der Waals surface area contributed by atoms with E-state index in [-0.39, 0.29) is 10.9 Å². The van der Waals surface area contributed by atoms with E-state index in [0.29, 0.717) is 37.0 Å². The number of hydrogen-bond acceptors (Lipinski definition) is 8. The lowest BCUT2D eigenvalue weighted by Gasteiger charge is -2.59. The summed E-state index contributed by atoms with van der Waals surface area (Å²) in [7, 11) is -0.0146. The lowest BCUT2D eigenvalue weighted by Crippen LogP contribution is -2.58. The Kier molecular flexibility index (Phi) is 9.81. The Labute approximate surface area is 316 Å². The van der Waals surface area contributed by atoms with Gasteiger partial charge in [0.05, 0.1) is 22.7 Å². The van der Waals surface area contributed by atoms with Crippen molar-refractivity contribution in [1.29, 1.82) is 0 Å². The van der Waals surface area contributed by atoms with Gasteiger partial charge in [-0.25, -0.2) is 9.59 Å². The number of rotatable bonds is 9. The van der Waals surface area contributed by atoms with E-state index in [9.17, 15) is 28.0 Å². The maximum Gasteiger partial charge on any atom is 0.377 e. The van der Waals surface area contributed by atoms with Crippen LogP contribution in [0.4, 0.5) is 8.78 Å². The zero-order valence-electron chi connectivity index (χ0n) is 30.3. The zero-order valence-corrected chi connectivity index (χ0v) is 31.1. The fourth-order valence-electron chi connectivity index (χ4n) is 10.6. The number of carbonyl (C=O) groups is 4. The molecule has 0 amide bonds. The second kappa shape index (κ2) is 14.4. The number of alkyl halides is 2. The summed E-state index contributed by atoms with van der Waals surface area (Å²) in [6.45, 7) is 1.83. The molecule has 10 rings (SSSR count). The van der Waals surface area contributed by atoms with E-state index >= 15 is 0 Å². The maximum absolute atomic E-state index is 13.4. The number of halogens is 2. The van der Waals surface area contributed by atoms with Crippen molar-refractivity contribution in [2.24, 2.45) is 47.3 Å². The highest BCUT2D eigenvalue weighted by atomic mass is 32.2. The highest BCUT2D eigenvalue weighted by molar-refractivity contribution is 7.97. The number of benzene rings is 3. The van der Waals surface area contributed by atoms with Crippen LogP contribution in [-0.2, 0) is 49.0 Å². The summed E-state index contributed by atoms with van der Waals surface area (Å²) in [5, 5.41) is 0. The minimum Gasteiger partial charge on any atom is -0.458 e. The summed E-state index contributed by atoms with van der Waals surface area (Å²) in [6.07, 6.45) is 3.85. The van der Waals surface area contributed by atoms with Crippen molar-refractivity contribution in [3.8, 4) is 0 Å². The minimum atomic E-state index is -3.71. The molecule has 6 aliphatic carbocycles. The van der Waals surface area contributed by atoms with Crippen LogP contribution in [0, 0.1) is 47.3 Å². The van der Waals surface area contributed by atoms with E-state index in [1.807, 2.05) is 6.92 Å². The standard InChI is InChI=1S/C25H30F2O8.C18H15S/c1-24(12-4-10-3-11(6-12)7-13(24)5-10)35-16(28)9-32-21(29)17-14-8-15-18(17)22(30)33-19(15)20(14)34-23(31)25(2,26)27;1-4-10-16(11-5-1)19(17-12-6-2-7-13-17)18-14-8-3-9-15-18/h10-15,17-20H,3-9H2,1-2H3;1-15H/q;+1. The van der Waals surface area contributed by atoms with E-state index in [1.165, 1.54) is 21.1 Å². The van der Waals surface area contributed by atoms with Gasteiger partial charge in [-0.1, -0.05) is 54.6 Å². The number of esters is 4. The summed E-state index contributed by atoms with van der Waals surface area (Å²) < 4.78 is 48.3. The Morgan fingerprint density at radius 1 is 0.778 bits per heavy atom. The van der Waals surface area contributed by atoms with E-state index in [1.54, 1.807) is 0 Å². The third kappa shape index (κ3) is 6.81. The molecule has 0 N–H and O–H groups in total. The van der Waals surface area contributed by atoms with Crippen molar-refractivity contribution in [3.05, 3.63) is 91.0 Å². The summed E-state index contributed by atoms with van der Waals surface area (Å²) >= 11 is 0. The first-order valence-corrected chi connectivity index (χ1v) is 20.2. The van der Waals surface area contributed by atoms with Gasteiger partial charge in [-0.2, -0.15) is 8.78 Å². The van der Waals surface area contributed by atoms with Crippen molar-refractivity contribution in [2.75, 3.05) is 6.61 Å². The van der Waals surface area contributed by atoms with Gasteiger partial charge >= 0.3 is 29.8 Å². The Balaban J connectivity index is 0.000000183. The molecule has 1 saturated heterocycles. The lowest BCUT2D eigenvalue weighted by molar-refractivity contribution is -0.208. The van der Waals surface area contributed by atoms with Gasteiger partial charge in [0.2, 0.25) is 0 Å². The lowest BCUT2D eigenvalue weighted by atomic mass is 9.50. The molecule has 6 atom stereocenters. The molecule has 0 spiro atoms. The Bertz CT molecular complexity index is 1750. The molecular weight excluding hydrogens is 715 g/mol. The molecule has 0 radical (unpaired) electrons. The first-order chi connectivity index (χ1) is 25.9. The average molecular weight is 760 g/mol. The fourth-order valence-corrected chi connectivity index (χ4v) is 12.7. The van der Waals surface area contributed by atoms with Gasteiger partial charge in [-0.05, 0) is 106 Å². The van der Waals surface area contributed by atoms with Crippen molar-refractivity contribution >= 4 is 34.8 Å². The van der Waals surface area contributed by atoms with E-state index in [0.717, 1.165) is 25.7 Å². The molecule has 284 valence electrons. The maximum atomic E-state index is 13.4. The van der Waals surface area contributed by atoms with Crippen LogP contribution in [-0.4, -0.2) is 54.2 Å². The average Bonchev–Trinajstić information content (AvgIpc) is 3.78. The molecule has 0 aromatic heterocycles. The first-order valence-electron chi connectivity index (χ1n) is 19.0. The SMILES string of the molecule is CC(F)(F)C(=O)OC1C2CC3C1OC(=O)C3C2C(=O)OCC(=O)OC1(C)C2CC3CC(C2)CC1C3.c1ccc([S+](c2ccccc2)c2ccccc2)cc1. The van der Waals surface area contributed by atoms with Crippen LogP contribution in [0.2, 0.25) is 0 Å². The molecule has 7 aliphatic rings. The van der Waals surface area contributed by atoms with Crippen LogP contribution in [0.25, 0.3) is 0 Å². The zero-order chi connectivity index (χ0) is 37.8. The summed E-state index contributed by atoms with van der Waals surface area (Å²) in [5.74, 6) is -8.32. The number of fused-ring (bicyclic) bond motifs is 1. The summed E-state index contributed by atoms with van der Waals surface area (Å²) in [5.41, 5.74) is -0.559. The Morgan fingerprint density at radius 2 is 1.28 bits per heavy atom. The Hall–Kier alpha value is -4.25. The van der Waals surface area contributed by atoms with Crippen LogP contribution in [0.1, 0.15) is 52.4 Å². The molecule has 1 heterocycles. The first kappa shape index (κ1) is 36.7. The molecule has 6 saturated carbocycles. The topological polar surface area (TPSA) is 105 Å². The molecule has 6 bridgehead atoms. The number of ether oxygens (including phenoxy) is 4. The van der Waals surface area contributed by atoms with Crippen LogP contribution in [0.3, 0.4) is 0 Å². The van der Waals surface area contributed by atoms with Gasteiger partial charge in [-0.3, -0.25) is 9.59 Å². The quantitative estimate of drug-likeness (QED) is 0.126. The number of carbonyl (C=O) groups excluding carboxylic acids is 4. The smallest absolute Gasteiger partial charge is 0.377 e. The molecule has 11 heteroatoms. The summed E-state index contributed by atoms with van der Waals surface area (Å²) in [4.78, 5) is 54.0.